The maximum Gasteiger partial charge on any atom is 0.431 e. The summed E-state index contributed by atoms with van der Waals surface area (Å²) in [6, 6.07) is 22.6. The number of carbonyl (C=O) groups excluding carboxylic acids is 1. The van der Waals surface area contributed by atoms with Crippen LogP contribution >= 0.6 is 11.3 Å². The lowest BCUT2D eigenvalue weighted by Gasteiger charge is -2.24. The number of hydrogen-bond acceptors (Lipinski definition) is 7. The summed E-state index contributed by atoms with van der Waals surface area (Å²) < 4.78 is 71.3. The zero-order valence-corrected chi connectivity index (χ0v) is 23.3. The van der Waals surface area contributed by atoms with Crippen molar-refractivity contribution >= 4 is 44.2 Å². The average Bonchev–Trinajstić information content (AvgIpc) is 3.60. The van der Waals surface area contributed by atoms with Gasteiger partial charge in [0.2, 0.25) is 0 Å². The van der Waals surface area contributed by atoms with Crippen LogP contribution in [-0.2, 0) is 14.6 Å². The van der Waals surface area contributed by atoms with Crippen LogP contribution in [0.5, 0.6) is 5.75 Å². The third kappa shape index (κ3) is 6.60. The standard InChI is InChI=1S/C29H24F3N3O4S2/c1-41(37,38)22-11-7-8-19(14-22)20-15-26(40-18-20)24-16-27(29(30,31)32)34-35(24)23-12-5-6-13-25(23)39-17-28(36)33-21-9-3-2-4-10-21/h2-15,18,24H,16-17H2,1H3,(H,33,36). The molecule has 2 heterocycles. The van der Waals surface area contributed by atoms with Crippen molar-refractivity contribution in [1.29, 1.82) is 0 Å². The lowest BCUT2D eigenvalue weighted by atomic mass is 10.0. The van der Waals surface area contributed by atoms with Crippen LogP contribution in [0.25, 0.3) is 11.1 Å². The van der Waals surface area contributed by atoms with E-state index < -0.39 is 40.1 Å². The fraction of sp³-hybridized carbons (Fsp3) is 0.172. The molecule has 0 radical (unpaired) electrons. The number of benzene rings is 3. The highest BCUT2D eigenvalue weighted by molar-refractivity contribution is 7.90. The number of sulfone groups is 1. The Labute approximate surface area is 238 Å². The van der Waals surface area contributed by atoms with Gasteiger partial charge < -0.3 is 10.1 Å². The number of amides is 1. The second-order valence-corrected chi connectivity index (χ2v) is 12.3. The number of alkyl halides is 3. The van der Waals surface area contributed by atoms with E-state index in [-0.39, 0.29) is 22.9 Å². The van der Waals surface area contributed by atoms with E-state index in [2.05, 4.69) is 10.4 Å². The van der Waals surface area contributed by atoms with Gasteiger partial charge >= 0.3 is 6.18 Å². The van der Waals surface area contributed by atoms with Gasteiger partial charge in [0.05, 0.1) is 10.9 Å². The van der Waals surface area contributed by atoms with Crippen molar-refractivity contribution in [2.75, 3.05) is 23.2 Å². The summed E-state index contributed by atoms with van der Waals surface area (Å²) >= 11 is 1.25. The molecule has 1 aliphatic heterocycles. The predicted molar refractivity (Wildman–Crippen MR) is 153 cm³/mol. The molecule has 4 aromatic rings. The van der Waals surface area contributed by atoms with Crippen LogP contribution < -0.4 is 15.1 Å². The number of nitrogens with one attached hydrogen (secondary N) is 1. The molecule has 7 nitrogen and oxygen atoms in total. The minimum absolute atomic E-state index is 0.148. The zero-order chi connectivity index (χ0) is 29.2. The van der Waals surface area contributed by atoms with Gasteiger partial charge in [0, 0.05) is 23.2 Å². The highest BCUT2D eigenvalue weighted by Gasteiger charge is 2.44. The van der Waals surface area contributed by atoms with Crippen LogP contribution in [0.3, 0.4) is 0 Å². The van der Waals surface area contributed by atoms with Gasteiger partial charge in [-0.15, -0.1) is 11.3 Å². The summed E-state index contributed by atoms with van der Waals surface area (Å²) in [5.41, 5.74) is 1.23. The summed E-state index contributed by atoms with van der Waals surface area (Å²) in [6.45, 7) is -0.361. The normalized spacial score (nSPS) is 15.5. The van der Waals surface area contributed by atoms with Crippen LogP contribution in [0.1, 0.15) is 17.3 Å². The Bertz CT molecular complexity index is 1700. The van der Waals surface area contributed by atoms with Gasteiger partial charge in [-0.2, -0.15) is 18.3 Å². The van der Waals surface area contributed by atoms with Crippen molar-refractivity contribution in [1.82, 2.24) is 0 Å². The fourth-order valence-corrected chi connectivity index (χ4v) is 6.01. The zero-order valence-electron chi connectivity index (χ0n) is 21.6. The van der Waals surface area contributed by atoms with Crippen LogP contribution in [0, 0.1) is 0 Å². The van der Waals surface area contributed by atoms with E-state index in [0.29, 0.717) is 21.7 Å². The number of halogens is 3. The molecular weight excluding hydrogens is 575 g/mol. The Kier molecular flexibility index (Phi) is 7.87. The smallest absolute Gasteiger partial charge is 0.431 e. The van der Waals surface area contributed by atoms with E-state index in [1.165, 1.54) is 28.5 Å². The second kappa shape index (κ2) is 11.4. The Hall–Kier alpha value is -4.16. The Morgan fingerprint density at radius 1 is 1.02 bits per heavy atom. The number of rotatable bonds is 8. The molecule has 1 aliphatic rings. The highest BCUT2D eigenvalue weighted by Crippen LogP contribution is 2.45. The van der Waals surface area contributed by atoms with Crippen LogP contribution in [0.2, 0.25) is 0 Å². The Morgan fingerprint density at radius 3 is 2.49 bits per heavy atom. The molecule has 1 amide bonds. The van der Waals surface area contributed by atoms with E-state index >= 15 is 0 Å². The first-order chi connectivity index (χ1) is 19.5. The van der Waals surface area contributed by atoms with Gasteiger partial charge in [0.15, 0.2) is 16.4 Å². The molecule has 3 aromatic carbocycles. The van der Waals surface area contributed by atoms with Crippen molar-refractivity contribution in [2.24, 2.45) is 5.10 Å². The minimum atomic E-state index is -4.64. The molecule has 1 N–H and O–H groups in total. The largest absolute Gasteiger partial charge is 0.482 e. The molecule has 0 fully saturated rings. The van der Waals surface area contributed by atoms with E-state index in [4.69, 9.17) is 4.74 Å². The summed E-state index contributed by atoms with van der Waals surface area (Å²) in [5, 5.41) is 9.70. The van der Waals surface area contributed by atoms with E-state index in [1.54, 1.807) is 72.1 Å². The number of nitrogens with zero attached hydrogens (tertiary/aromatic N) is 2. The van der Waals surface area contributed by atoms with Crippen molar-refractivity contribution in [2.45, 2.75) is 23.5 Å². The molecule has 0 aliphatic carbocycles. The van der Waals surface area contributed by atoms with Crippen LogP contribution in [0.4, 0.5) is 24.5 Å². The first-order valence-electron chi connectivity index (χ1n) is 12.4. The molecule has 1 unspecified atom stereocenters. The van der Waals surface area contributed by atoms with E-state index in [9.17, 15) is 26.4 Å². The lowest BCUT2D eigenvalue weighted by molar-refractivity contribution is -0.118. The number of para-hydroxylation sites is 3. The van der Waals surface area contributed by atoms with Gasteiger partial charge in [-0.25, -0.2) is 8.42 Å². The Morgan fingerprint density at radius 2 is 1.76 bits per heavy atom. The van der Waals surface area contributed by atoms with Crippen LogP contribution in [0.15, 0.2) is 100 Å². The fourth-order valence-electron chi connectivity index (χ4n) is 4.34. The maximum atomic E-state index is 13.8. The highest BCUT2D eigenvalue weighted by atomic mass is 32.2. The summed E-state index contributed by atoms with van der Waals surface area (Å²) in [5.74, 6) is -0.229. The molecule has 1 aromatic heterocycles. The Balaban J connectivity index is 1.43. The number of thiophene rings is 1. The molecule has 0 saturated heterocycles. The van der Waals surface area contributed by atoms with E-state index in [0.717, 1.165) is 6.26 Å². The third-order valence-electron chi connectivity index (χ3n) is 6.31. The third-order valence-corrected chi connectivity index (χ3v) is 8.45. The van der Waals surface area contributed by atoms with Crippen molar-refractivity contribution in [3.8, 4) is 16.9 Å². The quantitative estimate of drug-likeness (QED) is 0.243. The monoisotopic (exact) mass is 599 g/mol. The topological polar surface area (TPSA) is 88.1 Å². The van der Waals surface area contributed by atoms with Gasteiger partial charge in [-0.1, -0.05) is 42.5 Å². The maximum absolute atomic E-state index is 13.8. The van der Waals surface area contributed by atoms with E-state index in [1.807, 2.05) is 6.07 Å². The second-order valence-electron chi connectivity index (χ2n) is 9.32. The number of hydrogen-bond donors (Lipinski definition) is 1. The summed E-state index contributed by atoms with van der Waals surface area (Å²) in [6.07, 6.45) is -3.92. The molecule has 1 atom stereocenters. The molecule has 12 heteroatoms. The van der Waals surface area contributed by atoms with Gasteiger partial charge in [-0.05, 0) is 59.0 Å². The first kappa shape index (κ1) is 28.4. The minimum Gasteiger partial charge on any atom is -0.482 e. The number of ether oxygens (including phenoxy) is 1. The van der Waals surface area contributed by atoms with Crippen molar-refractivity contribution < 1.29 is 31.1 Å². The molecule has 41 heavy (non-hydrogen) atoms. The molecule has 5 rings (SSSR count). The summed E-state index contributed by atoms with van der Waals surface area (Å²) in [4.78, 5) is 13.2. The number of hydrazone groups is 1. The van der Waals surface area contributed by atoms with Crippen molar-refractivity contribution in [3.63, 3.8) is 0 Å². The van der Waals surface area contributed by atoms with Gasteiger partial charge in [0.1, 0.15) is 17.1 Å². The average molecular weight is 600 g/mol. The first-order valence-corrected chi connectivity index (χ1v) is 15.2. The van der Waals surface area contributed by atoms with Gasteiger partial charge in [0.25, 0.3) is 5.91 Å². The van der Waals surface area contributed by atoms with Crippen molar-refractivity contribution in [3.05, 3.63) is 95.2 Å². The molecular formula is C29H24F3N3O4S2. The predicted octanol–water partition coefficient (Wildman–Crippen LogP) is 6.71. The summed E-state index contributed by atoms with van der Waals surface area (Å²) in [7, 11) is -3.44. The SMILES string of the molecule is CS(=O)(=O)c1cccc(-c2csc(C3CC(C(F)(F)F)=NN3c3ccccc3OCC(=O)Nc3ccccc3)c2)c1. The number of anilines is 2. The molecule has 0 saturated carbocycles. The molecule has 0 bridgehead atoms. The molecule has 0 spiro atoms. The molecule has 212 valence electrons. The van der Waals surface area contributed by atoms with Crippen LogP contribution in [-0.4, -0.2) is 39.1 Å². The number of carbonyl (C=O) groups is 1. The van der Waals surface area contributed by atoms with Gasteiger partial charge in [-0.3, -0.25) is 9.80 Å². The lowest BCUT2D eigenvalue weighted by Crippen LogP contribution is -2.22.